The summed E-state index contributed by atoms with van der Waals surface area (Å²) in [7, 11) is 0. The topological polar surface area (TPSA) is 58.8 Å². The van der Waals surface area contributed by atoms with Crippen LogP contribution in [0.3, 0.4) is 0 Å². The molecule has 0 fully saturated rings. The lowest BCUT2D eigenvalue weighted by atomic mass is 10.2. The van der Waals surface area contributed by atoms with Gasteiger partial charge in [0.15, 0.2) is 5.82 Å². The van der Waals surface area contributed by atoms with Gasteiger partial charge >= 0.3 is 0 Å². The monoisotopic (exact) mass is 314 g/mol. The fourth-order valence-electron chi connectivity index (χ4n) is 2.27. The second-order valence-corrected chi connectivity index (χ2v) is 5.38. The number of nitrogens with zero attached hydrogens (tertiary/aromatic N) is 2. The van der Waals surface area contributed by atoms with Gasteiger partial charge in [-0.1, -0.05) is 37.3 Å². The second-order valence-electron chi connectivity index (χ2n) is 5.00. The molecule has 0 aliphatic carbocycles. The minimum atomic E-state index is 0.553. The summed E-state index contributed by atoms with van der Waals surface area (Å²) < 4.78 is 8.24. The molecule has 0 unspecified atom stereocenters. The molecule has 0 spiro atoms. The molecule has 3 aromatic rings. The highest BCUT2D eigenvalue weighted by Crippen LogP contribution is 2.21. The van der Waals surface area contributed by atoms with Crippen LogP contribution in [0.2, 0.25) is 0 Å². The van der Waals surface area contributed by atoms with Crippen molar-refractivity contribution in [1.82, 2.24) is 14.9 Å². The van der Waals surface area contributed by atoms with Crippen molar-refractivity contribution in [2.45, 2.75) is 26.3 Å². The molecule has 0 atom stereocenters. The van der Waals surface area contributed by atoms with E-state index in [0.717, 1.165) is 35.7 Å². The lowest BCUT2D eigenvalue weighted by molar-refractivity contribution is 0.520. The van der Waals surface area contributed by atoms with E-state index in [-0.39, 0.29) is 0 Å². The lowest BCUT2D eigenvalue weighted by Crippen LogP contribution is -2.17. The SMILES string of the molecule is CCCc1n[nH]c(=S)n1NCc1ccc(-c2ccccc2)o1. The Morgan fingerprint density at radius 3 is 2.82 bits per heavy atom. The molecular formula is C16H18N4OS. The summed E-state index contributed by atoms with van der Waals surface area (Å²) in [5, 5.41) is 7.04. The maximum atomic E-state index is 5.87. The Bertz CT molecular complexity index is 788. The van der Waals surface area contributed by atoms with Crippen molar-refractivity contribution >= 4 is 12.2 Å². The zero-order chi connectivity index (χ0) is 15.4. The summed E-state index contributed by atoms with van der Waals surface area (Å²) in [5.41, 5.74) is 4.32. The van der Waals surface area contributed by atoms with Gasteiger partial charge in [-0.05, 0) is 30.8 Å². The van der Waals surface area contributed by atoms with Gasteiger partial charge in [-0.25, -0.2) is 4.68 Å². The van der Waals surface area contributed by atoms with E-state index in [9.17, 15) is 0 Å². The summed E-state index contributed by atoms with van der Waals surface area (Å²) in [6.45, 7) is 2.66. The molecular weight excluding hydrogens is 296 g/mol. The zero-order valence-corrected chi connectivity index (χ0v) is 13.2. The van der Waals surface area contributed by atoms with Gasteiger partial charge in [0.25, 0.3) is 0 Å². The Morgan fingerprint density at radius 1 is 1.23 bits per heavy atom. The molecule has 0 saturated heterocycles. The molecule has 0 radical (unpaired) electrons. The Hall–Kier alpha value is -2.34. The summed E-state index contributed by atoms with van der Waals surface area (Å²) in [5.74, 6) is 2.62. The lowest BCUT2D eigenvalue weighted by Gasteiger charge is -2.07. The van der Waals surface area contributed by atoms with Gasteiger partial charge in [-0.2, -0.15) is 5.10 Å². The highest BCUT2D eigenvalue weighted by Gasteiger charge is 2.07. The number of nitrogens with one attached hydrogen (secondary N) is 2. The van der Waals surface area contributed by atoms with Gasteiger partial charge in [-0.3, -0.25) is 5.10 Å². The number of benzene rings is 1. The standard InChI is InChI=1S/C16H18N4OS/c1-2-6-15-18-19-16(22)20(15)17-11-13-9-10-14(21-13)12-7-4-3-5-8-12/h3-5,7-10,17H,2,6,11H2,1H3,(H,19,22). The van der Waals surface area contributed by atoms with Gasteiger partial charge in [-0.15, -0.1) is 0 Å². The molecule has 0 aliphatic heterocycles. The minimum Gasteiger partial charge on any atom is -0.459 e. The van der Waals surface area contributed by atoms with Gasteiger partial charge in [0, 0.05) is 12.0 Å². The molecule has 0 aliphatic rings. The van der Waals surface area contributed by atoms with E-state index < -0.39 is 0 Å². The average Bonchev–Trinajstić information content (AvgIpc) is 3.14. The molecule has 6 heteroatoms. The number of aromatic amines is 1. The van der Waals surface area contributed by atoms with E-state index in [1.165, 1.54) is 0 Å². The highest BCUT2D eigenvalue weighted by atomic mass is 32.1. The fourth-order valence-corrected chi connectivity index (χ4v) is 2.49. The largest absolute Gasteiger partial charge is 0.459 e. The van der Waals surface area contributed by atoms with Gasteiger partial charge in [0.1, 0.15) is 11.5 Å². The van der Waals surface area contributed by atoms with Crippen LogP contribution < -0.4 is 5.43 Å². The summed E-state index contributed by atoms with van der Waals surface area (Å²) in [6, 6.07) is 14.0. The van der Waals surface area contributed by atoms with Crippen LogP contribution in [0.25, 0.3) is 11.3 Å². The molecule has 2 aromatic heterocycles. The number of H-pyrrole nitrogens is 1. The summed E-state index contributed by atoms with van der Waals surface area (Å²) in [4.78, 5) is 0. The molecule has 0 saturated carbocycles. The van der Waals surface area contributed by atoms with Crippen molar-refractivity contribution in [1.29, 1.82) is 0 Å². The number of rotatable bonds is 6. The number of hydrogen-bond acceptors (Lipinski definition) is 4. The minimum absolute atomic E-state index is 0.553. The van der Waals surface area contributed by atoms with Crippen LogP contribution in [0.1, 0.15) is 24.9 Å². The molecule has 114 valence electrons. The smallest absolute Gasteiger partial charge is 0.214 e. The Labute approximate surface area is 134 Å². The molecule has 5 nitrogen and oxygen atoms in total. The maximum Gasteiger partial charge on any atom is 0.214 e. The predicted molar refractivity (Wildman–Crippen MR) is 88.6 cm³/mol. The Morgan fingerprint density at radius 2 is 2.05 bits per heavy atom. The molecule has 2 N–H and O–H groups in total. The van der Waals surface area contributed by atoms with Crippen LogP contribution in [-0.4, -0.2) is 14.9 Å². The number of furan rings is 1. The Kier molecular flexibility index (Phi) is 4.39. The average molecular weight is 314 g/mol. The van der Waals surface area contributed by atoms with Crippen molar-refractivity contribution < 1.29 is 4.42 Å². The molecule has 1 aromatic carbocycles. The first-order valence-corrected chi connectivity index (χ1v) is 7.73. The fraction of sp³-hybridized carbons (Fsp3) is 0.250. The van der Waals surface area contributed by atoms with Crippen LogP contribution in [-0.2, 0) is 13.0 Å². The van der Waals surface area contributed by atoms with Gasteiger partial charge < -0.3 is 9.84 Å². The predicted octanol–water partition coefficient (Wildman–Crippen LogP) is 3.90. The first kappa shape index (κ1) is 14.6. The maximum absolute atomic E-state index is 5.87. The van der Waals surface area contributed by atoms with E-state index in [0.29, 0.717) is 11.3 Å². The van der Waals surface area contributed by atoms with Crippen molar-refractivity contribution in [3.8, 4) is 11.3 Å². The van der Waals surface area contributed by atoms with Crippen LogP contribution in [0.4, 0.5) is 0 Å². The zero-order valence-electron chi connectivity index (χ0n) is 12.4. The third kappa shape index (κ3) is 3.12. The van der Waals surface area contributed by atoms with Crippen LogP contribution in [0.15, 0.2) is 46.9 Å². The number of aryl methyl sites for hydroxylation is 1. The molecule has 3 rings (SSSR count). The van der Waals surface area contributed by atoms with Crippen molar-refractivity contribution in [3.63, 3.8) is 0 Å². The van der Waals surface area contributed by atoms with Gasteiger partial charge in [0.2, 0.25) is 4.77 Å². The van der Waals surface area contributed by atoms with Crippen LogP contribution in [0, 0.1) is 4.77 Å². The third-order valence-corrected chi connectivity index (χ3v) is 3.62. The number of aromatic nitrogens is 3. The summed E-state index contributed by atoms with van der Waals surface area (Å²) in [6.07, 6.45) is 1.88. The van der Waals surface area contributed by atoms with E-state index in [1.54, 1.807) is 0 Å². The van der Waals surface area contributed by atoms with E-state index >= 15 is 0 Å². The molecule has 0 amide bonds. The molecule has 22 heavy (non-hydrogen) atoms. The molecule has 0 bridgehead atoms. The van der Waals surface area contributed by atoms with E-state index in [2.05, 4.69) is 22.5 Å². The summed E-state index contributed by atoms with van der Waals surface area (Å²) >= 11 is 5.24. The Balaban J connectivity index is 1.72. The second kappa shape index (κ2) is 6.62. The molecule has 2 heterocycles. The van der Waals surface area contributed by atoms with E-state index in [1.807, 2.05) is 47.1 Å². The van der Waals surface area contributed by atoms with Crippen molar-refractivity contribution in [3.05, 3.63) is 58.8 Å². The highest BCUT2D eigenvalue weighted by molar-refractivity contribution is 7.71. The third-order valence-electron chi connectivity index (χ3n) is 3.35. The van der Waals surface area contributed by atoms with Crippen LogP contribution >= 0.6 is 12.2 Å². The van der Waals surface area contributed by atoms with Gasteiger partial charge in [0.05, 0.1) is 6.54 Å². The first-order chi connectivity index (χ1) is 10.8. The van der Waals surface area contributed by atoms with E-state index in [4.69, 9.17) is 16.6 Å². The van der Waals surface area contributed by atoms with Crippen molar-refractivity contribution in [2.24, 2.45) is 0 Å². The van der Waals surface area contributed by atoms with Crippen molar-refractivity contribution in [2.75, 3.05) is 5.43 Å². The van der Waals surface area contributed by atoms with Crippen LogP contribution in [0.5, 0.6) is 0 Å². The normalized spacial score (nSPS) is 10.8. The quantitative estimate of drug-likeness (QED) is 0.678. The first-order valence-electron chi connectivity index (χ1n) is 7.32. The number of hydrogen-bond donors (Lipinski definition) is 2.